The summed E-state index contributed by atoms with van der Waals surface area (Å²) < 4.78 is 7.22. The van der Waals surface area contributed by atoms with Crippen molar-refractivity contribution in [1.29, 1.82) is 0 Å². The number of hydrogen-bond acceptors (Lipinski definition) is 6. The van der Waals surface area contributed by atoms with Gasteiger partial charge in [-0.05, 0) is 30.4 Å². The van der Waals surface area contributed by atoms with E-state index in [0.29, 0.717) is 12.8 Å². The summed E-state index contributed by atoms with van der Waals surface area (Å²) in [5.41, 5.74) is 1.24. The average Bonchev–Trinajstić information content (AvgIpc) is 3.43. The summed E-state index contributed by atoms with van der Waals surface area (Å²) in [5.74, 6) is -1.05. The van der Waals surface area contributed by atoms with Crippen LogP contribution in [0.3, 0.4) is 0 Å². The maximum absolute atomic E-state index is 13.1. The second kappa shape index (κ2) is 6.14. The van der Waals surface area contributed by atoms with Gasteiger partial charge in [-0.25, -0.2) is 0 Å². The van der Waals surface area contributed by atoms with Gasteiger partial charge in [0, 0.05) is 39.0 Å². The molecule has 3 atom stereocenters. The number of nitro groups is 1. The molecule has 8 heteroatoms. The molecule has 1 saturated heterocycles. The van der Waals surface area contributed by atoms with E-state index in [2.05, 4.69) is 17.4 Å². The van der Waals surface area contributed by atoms with Crippen molar-refractivity contribution in [3.8, 4) is 0 Å². The van der Waals surface area contributed by atoms with Gasteiger partial charge in [-0.2, -0.15) is 0 Å². The number of benzene rings is 1. The van der Waals surface area contributed by atoms with Gasteiger partial charge in [0.25, 0.3) is 0 Å². The Hall–Kier alpha value is -2.71. The SMILES string of the molecule is COC(=O)[C@]12CC[C@](c3cccs3)(N1)c1c(n(C)c3ccccc13)[C@@H]2C[N+](=O)[O-]. The van der Waals surface area contributed by atoms with Crippen molar-refractivity contribution in [3.63, 3.8) is 0 Å². The zero-order valence-corrected chi connectivity index (χ0v) is 17.0. The lowest BCUT2D eigenvalue weighted by atomic mass is 9.75. The second-order valence-corrected chi connectivity index (χ2v) is 8.82. The molecule has 4 heterocycles. The summed E-state index contributed by atoms with van der Waals surface area (Å²) >= 11 is 1.64. The number of para-hydroxylation sites is 1. The molecule has 0 aliphatic carbocycles. The number of esters is 1. The minimum Gasteiger partial charge on any atom is -0.468 e. The molecule has 1 N–H and O–H groups in total. The lowest BCUT2D eigenvalue weighted by molar-refractivity contribution is -0.485. The van der Waals surface area contributed by atoms with Crippen LogP contribution in [0.15, 0.2) is 41.8 Å². The highest BCUT2D eigenvalue weighted by atomic mass is 32.1. The van der Waals surface area contributed by atoms with Crippen molar-refractivity contribution >= 4 is 28.2 Å². The monoisotopic (exact) mass is 411 g/mol. The molecule has 2 aromatic heterocycles. The first-order chi connectivity index (χ1) is 13.9. The van der Waals surface area contributed by atoms with Crippen LogP contribution in [-0.4, -0.2) is 34.7 Å². The Bertz CT molecular complexity index is 1140. The van der Waals surface area contributed by atoms with E-state index in [1.165, 1.54) is 7.11 Å². The number of aromatic nitrogens is 1. The van der Waals surface area contributed by atoms with Gasteiger partial charge in [0.2, 0.25) is 6.54 Å². The van der Waals surface area contributed by atoms with E-state index in [0.717, 1.165) is 27.0 Å². The fourth-order valence-corrected chi connectivity index (χ4v) is 6.46. The molecule has 29 heavy (non-hydrogen) atoms. The minimum atomic E-state index is -1.12. The van der Waals surface area contributed by atoms with Gasteiger partial charge < -0.3 is 9.30 Å². The zero-order valence-electron chi connectivity index (χ0n) is 16.2. The highest BCUT2D eigenvalue weighted by Gasteiger charge is 2.65. The highest BCUT2D eigenvalue weighted by Crippen LogP contribution is 2.58. The first-order valence-electron chi connectivity index (χ1n) is 9.56. The predicted octanol–water partition coefficient (Wildman–Crippen LogP) is 3.15. The van der Waals surface area contributed by atoms with E-state index in [9.17, 15) is 14.9 Å². The first kappa shape index (κ1) is 18.3. The summed E-state index contributed by atoms with van der Waals surface area (Å²) in [6.07, 6.45) is 1.16. The van der Waals surface area contributed by atoms with Crippen molar-refractivity contribution in [1.82, 2.24) is 9.88 Å². The number of nitrogens with one attached hydrogen (secondary N) is 1. The number of fused-ring (bicyclic) bond motifs is 6. The van der Waals surface area contributed by atoms with E-state index in [4.69, 9.17) is 4.74 Å². The normalized spacial score (nSPS) is 27.7. The molecule has 1 fully saturated rings. The molecule has 2 aliphatic rings. The van der Waals surface area contributed by atoms with Crippen LogP contribution in [0.25, 0.3) is 10.9 Å². The number of methoxy groups -OCH3 is 1. The highest BCUT2D eigenvalue weighted by molar-refractivity contribution is 7.10. The number of rotatable bonds is 4. The number of ether oxygens (including phenoxy) is 1. The fraction of sp³-hybridized carbons (Fsp3) is 0.381. The smallest absolute Gasteiger partial charge is 0.327 e. The molecule has 0 amide bonds. The standard InChI is InChI=1S/C21H21N3O4S/c1-23-15-7-4-3-6-13(15)17-18(23)14(12-24(26)27)20(19(25)28-2)9-10-21(17,22-20)16-8-5-11-29-16/h3-8,11,14,22H,9-10,12H2,1-2H3/t14-,20+,21+/m0/s1. The third-order valence-corrected chi connectivity index (χ3v) is 7.69. The lowest BCUT2D eigenvalue weighted by Gasteiger charge is -2.43. The Labute approximate surface area is 171 Å². The molecular formula is C21H21N3O4S. The Morgan fingerprint density at radius 1 is 1.34 bits per heavy atom. The van der Waals surface area contributed by atoms with Gasteiger partial charge in [-0.15, -0.1) is 11.3 Å². The van der Waals surface area contributed by atoms with E-state index in [1.54, 1.807) is 11.3 Å². The van der Waals surface area contributed by atoms with Crippen molar-refractivity contribution in [3.05, 3.63) is 68.0 Å². The summed E-state index contributed by atoms with van der Waals surface area (Å²) in [6, 6.07) is 12.1. The summed E-state index contributed by atoms with van der Waals surface area (Å²) in [5, 5.41) is 18.4. The Morgan fingerprint density at radius 3 is 2.83 bits per heavy atom. The molecule has 5 rings (SSSR count). The van der Waals surface area contributed by atoms with Crippen LogP contribution in [0.4, 0.5) is 0 Å². The lowest BCUT2D eigenvalue weighted by Crippen LogP contribution is -2.62. The molecule has 3 aromatic rings. The van der Waals surface area contributed by atoms with Crippen LogP contribution in [0.1, 0.15) is 34.9 Å². The zero-order chi connectivity index (χ0) is 20.4. The number of hydrogen-bond donors (Lipinski definition) is 1. The van der Waals surface area contributed by atoms with Gasteiger partial charge in [0.05, 0.1) is 18.6 Å². The van der Waals surface area contributed by atoms with Crippen LogP contribution in [0, 0.1) is 10.1 Å². The van der Waals surface area contributed by atoms with Crippen molar-refractivity contribution in [2.24, 2.45) is 7.05 Å². The van der Waals surface area contributed by atoms with Gasteiger partial charge >= 0.3 is 5.97 Å². The van der Waals surface area contributed by atoms with Crippen molar-refractivity contribution in [2.45, 2.75) is 29.8 Å². The average molecular weight is 411 g/mol. The van der Waals surface area contributed by atoms with E-state index in [-0.39, 0.29) is 11.5 Å². The van der Waals surface area contributed by atoms with Crippen LogP contribution >= 0.6 is 11.3 Å². The quantitative estimate of drug-likeness (QED) is 0.405. The summed E-state index contributed by atoms with van der Waals surface area (Å²) in [4.78, 5) is 25.5. The van der Waals surface area contributed by atoms with E-state index in [1.807, 2.05) is 41.3 Å². The number of thiophene rings is 1. The predicted molar refractivity (Wildman–Crippen MR) is 110 cm³/mol. The number of aryl methyl sites for hydroxylation is 1. The van der Waals surface area contributed by atoms with Crippen molar-refractivity contribution in [2.75, 3.05) is 13.7 Å². The van der Waals surface area contributed by atoms with Crippen LogP contribution in [-0.2, 0) is 22.1 Å². The number of nitrogens with zero attached hydrogens (tertiary/aromatic N) is 2. The molecule has 0 radical (unpaired) electrons. The Morgan fingerprint density at radius 2 is 2.14 bits per heavy atom. The second-order valence-electron chi connectivity index (χ2n) is 7.87. The summed E-state index contributed by atoms with van der Waals surface area (Å²) in [7, 11) is 3.29. The maximum Gasteiger partial charge on any atom is 0.327 e. The third-order valence-electron chi connectivity index (χ3n) is 6.66. The van der Waals surface area contributed by atoms with Crippen LogP contribution < -0.4 is 5.32 Å². The molecule has 7 nitrogen and oxygen atoms in total. The van der Waals surface area contributed by atoms with Gasteiger partial charge in [0.1, 0.15) is 5.54 Å². The van der Waals surface area contributed by atoms with E-state index >= 15 is 0 Å². The number of carbonyl (C=O) groups is 1. The van der Waals surface area contributed by atoms with Crippen LogP contribution in [0.5, 0.6) is 0 Å². The molecule has 0 saturated carbocycles. The number of carbonyl (C=O) groups excluding carboxylic acids is 1. The molecule has 2 aliphatic heterocycles. The molecule has 0 unspecified atom stereocenters. The Balaban J connectivity index is 1.90. The summed E-state index contributed by atoms with van der Waals surface area (Å²) in [6.45, 7) is -0.334. The van der Waals surface area contributed by atoms with Crippen molar-refractivity contribution < 1.29 is 14.5 Å². The topological polar surface area (TPSA) is 86.4 Å². The molecule has 0 spiro atoms. The molecule has 2 bridgehead atoms. The largest absolute Gasteiger partial charge is 0.468 e. The Kier molecular flexibility index (Phi) is 3.88. The third kappa shape index (κ3) is 2.24. The maximum atomic E-state index is 13.1. The first-order valence-corrected chi connectivity index (χ1v) is 10.4. The van der Waals surface area contributed by atoms with Gasteiger partial charge in [0.15, 0.2) is 0 Å². The molecule has 150 valence electrons. The van der Waals surface area contributed by atoms with Gasteiger partial charge in [-0.3, -0.25) is 20.2 Å². The van der Waals surface area contributed by atoms with E-state index < -0.39 is 23.0 Å². The molecule has 1 aromatic carbocycles. The molecular weight excluding hydrogens is 390 g/mol. The fourth-order valence-electron chi connectivity index (χ4n) is 5.54. The van der Waals surface area contributed by atoms with Crippen LogP contribution in [0.2, 0.25) is 0 Å². The minimum absolute atomic E-state index is 0.324. The van der Waals surface area contributed by atoms with Gasteiger partial charge in [-0.1, -0.05) is 24.3 Å².